The number of furan rings is 1. The standard InChI is InChI=1S/C12H13IN2O4/c1-3-18-11(16)9-6(2)14-12(17)15-10(9)7-4-5-8(13)19-7/h4-5,10H,3H2,1-2H3,(H2,14,15,17)/t10-/m1/s1. The molecule has 2 rings (SSSR count). The van der Waals surface area contributed by atoms with Crippen LogP contribution in [0.15, 0.2) is 27.8 Å². The van der Waals surface area contributed by atoms with Crippen LogP contribution in [-0.2, 0) is 9.53 Å². The summed E-state index contributed by atoms with van der Waals surface area (Å²) in [5.41, 5.74) is 0.825. The van der Waals surface area contributed by atoms with Gasteiger partial charge in [0, 0.05) is 5.70 Å². The lowest BCUT2D eigenvalue weighted by Gasteiger charge is -2.26. The zero-order valence-corrected chi connectivity index (χ0v) is 12.6. The Morgan fingerprint density at radius 3 is 2.84 bits per heavy atom. The Morgan fingerprint density at radius 1 is 1.53 bits per heavy atom. The maximum absolute atomic E-state index is 12.0. The summed E-state index contributed by atoms with van der Waals surface area (Å²) in [4.78, 5) is 23.5. The van der Waals surface area contributed by atoms with Crippen molar-refractivity contribution in [3.05, 3.63) is 32.9 Å². The molecule has 1 atom stereocenters. The molecule has 6 nitrogen and oxygen atoms in total. The van der Waals surface area contributed by atoms with Crippen molar-refractivity contribution >= 4 is 34.6 Å². The molecule has 0 saturated heterocycles. The number of ether oxygens (including phenoxy) is 1. The normalized spacial score (nSPS) is 18.9. The second-order valence-electron chi connectivity index (χ2n) is 3.93. The first kappa shape index (κ1) is 13.9. The average molecular weight is 376 g/mol. The lowest BCUT2D eigenvalue weighted by Crippen LogP contribution is -2.45. The summed E-state index contributed by atoms with van der Waals surface area (Å²) in [6, 6.07) is 2.49. The van der Waals surface area contributed by atoms with Crippen LogP contribution in [0.3, 0.4) is 0 Å². The minimum absolute atomic E-state index is 0.270. The predicted molar refractivity (Wildman–Crippen MR) is 75.2 cm³/mol. The number of rotatable bonds is 3. The minimum Gasteiger partial charge on any atom is -0.463 e. The Labute approximate surface area is 123 Å². The molecule has 19 heavy (non-hydrogen) atoms. The Hall–Kier alpha value is -1.51. The second-order valence-corrected chi connectivity index (χ2v) is 5.00. The van der Waals surface area contributed by atoms with E-state index in [1.807, 2.05) is 22.6 Å². The highest BCUT2D eigenvalue weighted by molar-refractivity contribution is 14.1. The van der Waals surface area contributed by atoms with Gasteiger partial charge in [-0.1, -0.05) is 0 Å². The van der Waals surface area contributed by atoms with Crippen molar-refractivity contribution in [2.75, 3.05) is 6.61 Å². The van der Waals surface area contributed by atoms with E-state index in [0.29, 0.717) is 20.8 Å². The fourth-order valence-corrected chi connectivity index (χ4v) is 2.30. The highest BCUT2D eigenvalue weighted by Crippen LogP contribution is 2.29. The van der Waals surface area contributed by atoms with Crippen LogP contribution in [-0.4, -0.2) is 18.6 Å². The molecule has 0 bridgehead atoms. The molecule has 1 aromatic rings. The largest absolute Gasteiger partial charge is 0.463 e. The molecule has 102 valence electrons. The van der Waals surface area contributed by atoms with Crippen LogP contribution in [0.5, 0.6) is 0 Å². The van der Waals surface area contributed by atoms with Crippen molar-refractivity contribution in [3.63, 3.8) is 0 Å². The van der Waals surface area contributed by atoms with Crippen LogP contribution in [0, 0.1) is 3.77 Å². The van der Waals surface area contributed by atoms with E-state index in [-0.39, 0.29) is 12.6 Å². The summed E-state index contributed by atoms with van der Waals surface area (Å²) in [7, 11) is 0. The molecule has 1 aromatic heterocycles. The third-order valence-corrected chi connectivity index (χ3v) is 3.22. The first-order valence-electron chi connectivity index (χ1n) is 5.73. The highest BCUT2D eigenvalue weighted by atomic mass is 127. The molecule has 7 heteroatoms. The molecule has 1 aliphatic rings. The van der Waals surface area contributed by atoms with Gasteiger partial charge in [-0.05, 0) is 48.6 Å². The number of amides is 2. The molecule has 2 N–H and O–H groups in total. The number of carbonyl (C=O) groups excluding carboxylic acids is 2. The zero-order chi connectivity index (χ0) is 14.0. The Morgan fingerprint density at radius 2 is 2.26 bits per heavy atom. The third-order valence-electron chi connectivity index (χ3n) is 2.64. The summed E-state index contributed by atoms with van der Waals surface area (Å²) in [6.45, 7) is 3.66. The van der Waals surface area contributed by atoms with Crippen molar-refractivity contribution < 1.29 is 18.7 Å². The molecule has 1 aliphatic heterocycles. The number of nitrogens with one attached hydrogen (secondary N) is 2. The smallest absolute Gasteiger partial charge is 0.338 e. The number of hydrogen-bond acceptors (Lipinski definition) is 4. The van der Waals surface area contributed by atoms with Crippen LogP contribution in [0.2, 0.25) is 0 Å². The van der Waals surface area contributed by atoms with E-state index in [4.69, 9.17) is 9.15 Å². The monoisotopic (exact) mass is 376 g/mol. The zero-order valence-electron chi connectivity index (χ0n) is 10.5. The number of esters is 1. The van der Waals surface area contributed by atoms with Gasteiger partial charge in [0.15, 0.2) is 3.77 Å². The molecule has 2 heterocycles. The lowest BCUT2D eigenvalue weighted by atomic mass is 10.0. The van der Waals surface area contributed by atoms with Crippen molar-refractivity contribution in [1.29, 1.82) is 0 Å². The van der Waals surface area contributed by atoms with Crippen LogP contribution in [0.4, 0.5) is 4.79 Å². The van der Waals surface area contributed by atoms with Crippen molar-refractivity contribution in [1.82, 2.24) is 10.6 Å². The Balaban J connectivity index is 2.40. The summed E-state index contributed by atoms with van der Waals surface area (Å²) in [6.07, 6.45) is 0. The summed E-state index contributed by atoms with van der Waals surface area (Å²) < 4.78 is 11.2. The van der Waals surface area contributed by atoms with E-state index in [1.165, 1.54) is 0 Å². The van der Waals surface area contributed by atoms with E-state index >= 15 is 0 Å². The molecular weight excluding hydrogens is 363 g/mol. The molecule has 0 saturated carbocycles. The van der Waals surface area contributed by atoms with Gasteiger partial charge < -0.3 is 19.8 Å². The number of urea groups is 1. The van der Waals surface area contributed by atoms with Gasteiger partial charge in [-0.2, -0.15) is 0 Å². The quantitative estimate of drug-likeness (QED) is 0.625. The fourth-order valence-electron chi connectivity index (χ4n) is 1.87. The second kappa shape index (κ2) is 5.64. The number of carbonyl (C=O) groups is 2. The van der Waals surface area contributed by atoms with E-state index in [1.54, 1.807) is 26.0 Å². The number of halogens is 1. The minimum atomic E-state index is -0.628. The lowest BCUT2D eigenvalue weighted by molar-refractivity contribution is -0.139. The molecule has 0 spiro atoms. The molecule has 0 aromatic carbocycles. The molecular formula is C12H13IN2O4. The Kier molecular flexibility index (Phi) is 4.13. The van der Waals surface area contributed by atoms with Crippen molar-refractivity contribution in [3.8, 4) is 0 Å². The van der Waals surface area contributed by atoms with E-state index in [2.05, 4.69) is 10.6 Å². The van der Waals surface area contributed by atoms with E-state index < -0.39 is 12.0 Å². The highest BCUT2D eigenvalue weighted by Gasteiger charge is 2.33. The van der Waals surface area contributed by atoms with Gasteiger partial charge in [0.1, 0.15) is 11.8 Å². The maximum Gasteiger partial charge on any atom is 0.338 e. The topological polar surface area (TPSA) is 80.6 Å². The SMILES string of the molecule is CCOC(=O)C1=C(C)NC(=O)N[C@@H]1c1ccc(I)o1. The molecule has 0 fully saturated rings. The summed E-state index contributed by atoms with van der Waals surface area (Å²) >= 11 is 2.02. The van der Waals surface area contributed by atoms with Gasteiger partial charge >= 0.3 is 12.0 Å². The first-order chi connectivity index (χ1) is 9.02. The van der Waals surface area contributed by atoms with Gasteiger partial charge in [0.05, 0.1) is 12.2 Å². The van der Waals surface area contributed by atoms with Crippen LogP contribution in [0.1, 0.15) is 25.6 Å². The fraction of sp³-hybridized carbons (Fsp3) is 0.333. The number of hydrogen-bond donors (Lipinski definition) is 2. The molecule has 0 aliphatic carbocycles. The first-order valence-corrected chi connectivity index (χ1v) is 6.81. The predicted octanol–water partition coefficient (Wildman–Crippen LogP) is 2.08. The average Bonchev–Trinajstić information content (AvgIpc) is 2.75. The Bertz CT molecular complexity index is 550. The van der Waals surface area contributed by atoms with Gasteiger partial charge in [-0.3, -0.25) is 0 Å². The van der Waals surface area contributed by atoms with Gasteiger partial charge in [-0.25, -0.2) is 9.59 Å². The van der Waals surface area contributed by atoms with Gasteiger partial charge in [-0.15, -0.1) is 0 Å². The van der Waals surface area contributed by atoms with E-state index in [0.717, 1.165) is 0 Å². The van der Waals surface area contributed by atoms with Crippen molar-refractivity contribution in [2.45, 2.75) is 19.9 Å². The molecule has 0 unspecified atom stereocenters. The maximum atomic E-state index is 12.0. The molecule has 2 amide bonds. The van der Waals surface area contributed by atoms with Crippen LogP contribution >= 0.6 is 22.6 Å². The number of allylic oxidation sites excluding steroid dienone is 1. The third kappa shape index (κ3) is 2.91. The summed E-state index contributed by atoms with van der Waals surface area (Å²) in [5, 5.41) is 5.22. The van der Waals surface area contributed by atoms with Gasteiger partial charge in [0.25, 0.3) is 0 Å². The summed E-state index contributed by atoms with van der Waals surface area (Å²) in [5.74, 6) is 0.0329. The van der Waals surface area contributed by atoms with Crippen molar-refractivity contribution in [2.24, 2.45) is 0 Å². The molecule has 0 radical (unpaired) electrons. The van der Waals surface area contributed by atoms with Gasteiger partial charge in [0.2, 0.25) is 0 Å². The van der Waals surface area contributed by atoms with Crippen LogP contribution < -0.4 is 10.6 Å². The van der Waals surface area contributed by atoms with E-state index in [9.17, 15) is 9.59 Å². The van der Waals surface area contributed by atoms with Crippen LogP contribution in [0.25, 0.3) is 0 Å².